The van der Waals surface area contributed by atoms with Crippen LogP contribution in [0.2, 0.25) is 0 Å². The van der Waals surface area contributed by atoms with Gasteiger partial charge in [0.05, 0.1) is 5.36 Å². The van der Waals surface area contributed by atoms with Gasteiger partial charge in [0, 0.05) is 21.0 Å². The molecule has 1 amide bonds. The zero-order valence-electron chi connectivity index (χ0n) is 17.7. The predicted molar refractivity (Wildman–Crippen MR) is 130 cm³/mol. The summed E-state index contributed by atoms with van der Waals surface area (Å²) < 4.78 is 20.3. The van der Waals surface area contributed by atoms with Gasteiger partial charge in [0.25, 0.3) is 5.91 Å². The number of hydrazone groups is 1. The molecular weight excluding hydrogens is 507 g/mol. The van der Waals surface area contributed by atoms with Gasteiger partial charge in [-0.15, -0.1) is 5.10 Å². The van der Waals surface area contributed by atoms with Crippen molar-refractivity contribution in [2.24, 2.45) is 10.1 Å². The molecule has 1 aromatic heterocycles. The minimum atomic E-state index is -0.643. The number of nitrogens with zero attached hydrogens (tertiary/aromatic N) is 3. The first-order chi connectivity index (χ1) is 16.0. The summed E-state index contributed by atoms with van der Waals surface area (Å²) >= 11 is 5.00. The van der Waals surface area contributed by atoms with Gasteiger partial charge in [-0.25, -0.2) is 14.4 Å². The fraction of sp³-hybridized carbons (Fsp3) is 0.208. The molecule has 2 aromatic carbocycles. The summed E-state index contributed by atoms with van der Waals surface area (Å²) in [5.74, 6) is 1.45. The number of hydrogen-bond donors (Lipinski definition) is 1. The normalized spacial score (nSPS) is 17.1. The number of amidine groups is 1. The number of unbranched alkanes of at least 4 members (excludes halogenated alkanes) is 1. The summed E-state index contributed by atoms with van der Waals surface area (Å²) in [6, 6.07) is 15.4. The number of nitrogens with one attached hydrogen (secondary N) is 1. The lowest BCUT2D eigenvalue weighted by molar-refractivity contribution is -0.116. The van der Waals surface area contributed by atoms with Crippen molar-refractivity contribution < 1.29 is 13.6 Å². The van der Waals surface area contributed by atoms with Crippen molar-refractivity contribution >= 4 is 44.5 Å². The highest BCUT2D eigenvalue weighted by atomic mass is 79.9. The van der Waals surface area contributed by atoms with E-state index in [9.17, 15) is 9.18 Å². The van der Waals surface area contributed by atoms with Crippen LogP contribution in [0.15, 0.2) is 73.6 Å². The van der Waals surface area contributed by atoms with Gasteiger partial charge in [0.2, 0.25) is 6.17 Å². The van der Waals surface area contributed by atoms with Crippen LogP contribution in [0, 0.1) is 5.82 Å². The van der Waals surface area contributed by atoms with Crippen LogP contribution in [0.25, 0.3) is 17.0 Å². The monoisotopic (exact) mass is 526 g/mol. The molecule has 0 bridgehead atoms. The molecule has 0 aliphatic carbocycles. The van der Waals surface area contributed by atoms with Crippen molar-refractivity contribution in [2.75, 3.05) is 5.75 Å². The maximum absolute atomic E-state index is 13.3. The second-order valence-electron chi connectivity index (χ2n) is 7.63. The molecule has 1 unspecified atom stereocenters. The Balaban J connectivity index is 1.60. The zero-order chi connectivity index (χ0) is 22.9. The Morgan fingerprint density at radius 1 is 1.18 bits per heavy atom. The van der Waals surface area contributed by atoms with E-state index in [1.165, 1.54) is 23.9 Å². The van der Waals surface area contributed by atoms with Crippen molar-refractivity contribution in [3.8, 4) is 11.3 Å². The highest BCUT2D eigenvalue weighted by Crippen LogP contribution is 2.34. The first-order valence-corrected chi connectivity index (χ1v) is 12.4. The van der Waals surface area contributed by atoms with Gasteiger partial charge in [0.1, 0.15) is 17.3 Å². The summed E-state index contributed by atoms with van der Waals surface area (Å²) in [5.41, 5.74) is 1.17. The van der Waals surface area contributed by atoms with Crippen LogP contribution in [-0.4, -0.2) is 21.8 Å². The van der Waals surface area contributed by atoms with Gasteiger partial charge in [-0.2, -0.15) is 0 Å². The summed E-state index contributed by atoms with van der Waals surface area (Å²) in [6.07, 6.45) is 1.45. The van der Waals surface area contributed by atoms with Crippen LogP contribution in [0.1, 0.15) is 31.7 Å². The molecule has 5 rings (SSSR count). The largest absolute Gasteiger partial charge is 0.457 e. The fourth-order valence-corrected chi connectivity index (χ4v) is 4.97. The van der Waals surface area contributed by atoms with E-state index in [4.69, 9.17) is 14.5 Å². The lowest BCUT2D eigenvalue weighted by atomic mass is 10.1. The van der Waals surface area contributed by atoms with E-state index in [1.807, 2.05) is 30.3 Å². The van der Waals surface area contributed by atoms with Gasteiger partial charge >= 0.3 is 0 Å². The third-order valence-electron chi connectivity index (χ3n) is 5.32. The third kappa shape index (κ3) is 4.35. The van der Waals surface area contributed by atoms with Crippen LogP contribution >= 0.6 is 27.7 Å². The number of benzene rings is 2. The second-order valence-corrected chi connectivity index (χ2v) is 9.63. The Hall–Kier alpha value is -2.91. The van der Waals surface area contributed by atoms with E-state index >= 15 is 0 Å². The molecule has 3 aromatic rings. The van der Waals surface area contributed by atoms with Crippen molar-refractivity contribution in [2.45, 2.75) is 25.9 Å². The topological polar surface area (TPSA) is 70.2 Å². The number of fused-ring (bicyclic) bond motifs is 2. The lowest BCUT2D eigenvalue weighted by Gasteiger charge is -2.32. The van der Waals surface area contributed by atoms with Crippen LogP contribution in [0.4, 0.5) is 4.39 Å². The van der Waals surface area contributed by atoms with E-state index < -0.39 is 6.17 Å². The number of rotatable bonds is 5. The summed E-state index contributed by atoms with van der Waals surface area (Å²) in [4.78, 5) is 18.0. The maximum atomic E-state index is 13.3. The summed E-state index contributed by atoms with van der Waals surface area (Å²) in [7, 11) is 0. The average Bonchev–Trinajstić information content (AvgIpc) is 3.29. The Kier molecular flexibility index (Phi) is 6.07. The van der Waals surface area contributed by atoms with Gasteiger partial charge < -0.3 is 4.42 Å². The molecule has 0 radical (unpaired) electrons. The Bertz CT molecular complexity index is 1370. The number of amides is 1. The molecule has 6 nitrogen and oxygen atoms in total. The molecule has 0 saturated heterocycles. The number of thioether (sulfide) groups is 1. The van der Waals surface area contributed by atoms with E-state index in [0.29, 0.717) is 33.0 Å². The van der Waals surface area contributed by atoms with Crippen LogP contribution in [0.5, 0.6) is 0 Å². The molecule has 2 aliphatic heterocycles. The minimum Gasteiger partial charge on any atom is -0.457 e. The van der Waals surface area contributed by atoms with Crippen molar-refractivity contribution in [3.05, 3.63) is 81.2 Å². The molecule has 9 heteroatoms. The van der Waals surface area contributed by atoms with Crippen LogP contribution in [-0.2, 0) is 4.79 Å². The molecule has 1 N–H and O–H groups in total. The highest BCUT2D eigenvalue weighted by molar-refractivity contribution is 9.10. The maximum Gasteiger partial charge on any atom is 0.276 e. The molecule has 2 aliphatic rings. The highest BCUT2D eigenvalue weighted by Gasteiger charge is 2.36. The predicted octanol–water partition coefficient (Wildman–Crippen LogP) is 4.52. The summed E-state index contributed by atoms with van der Waals surface area (Å²) in [6.45, 7) is 2.12. The first-order valence-electron chi connectivity index (χ1n) is 10.6. The summed E-state index contributed by atoms with van der Waals surface area (Å²) in [5, 5.41) is 11.2. The van der Waals surface area contributed by atoms with E-state index in [1.54, 1.807) is 17.1 Å². The Morgan fingerprint density at radius 2 is 2.00 bits per heavy atom. The van der Waals surface area contributed by atoms with E-state index in [-0.39, 0.29) is 11.7 Å². The standard InChI is InChI=1S/C24H20BrFN4O2S/c1-2-3-12-33-24-28-23(31)21-17-13-15(25)6-9-18(17)27-22(30(21)29-24)20-11-10-19(32-20)14-4-7-16(26)8-5-14/h4-11,13,22H,2-3,12H2,1H3,(H,28,29,31). The molecular formula is C24H20BrFN4O2S. The Labute approximate surface area is 202 Å². The van der Waals surface area contributed by atoms with E-state index in [0.717, 1.165) is 28.6 Å². The van der Waals surface area contributed by atoms with Gasteiger partial charge in [-0.3, -0.25) is 10.1 Å². The molecule has 1 atom stereocenters. The van der Waals surface area contributed by atoms with Crippen molar-refractivity contribution in [1.82, 2.24) is 10.3 Å². The quantitative estimate of drug-likeness (QED) is 0.496. The van der Waals surface area contributed by atoms with Crippen LogP contribution < -0.4 is 15.9 Å². The first kappa shape index (κ1) is 21.9. The smallest absolute Gasteiger partial charge is 0.276 e. The van der Waals surface area contributed by atoms with Crippen molar-refractivity contribution in [3.63, 3.8) is 0 Å². The molecule has 0 fully saturated rings. The SMILES string of the molecule is CCCCSC1=NN2C(=c3cc(Br)ccc3=NC2c2ccc(-c3ccc(F)cc3)o2)C(=O)N1. The molecule has 3 heterocycles. The molecule has 0 saturated carbocycles. The van der Waals surface area contributed by atoms with Crippen molar-refractivity contribution in [1.29, 1.82) is 0 Å². The van der Waals surface area contributed by atoms with E-state index in [2.05, 4.69) is 28.2 Å². The number of hydrogen-bond acceptors (Lipinski definition) is 6. The lowest BCUT2D eigenvalue weighted by Crippen LogP contribution is -2.50. The number of carbonyl (C=O) groups is 1. The van der Waals surface area contributed by atoms with Gasteiger partial charge in [0.15, 0.2) is 10.9 Å². The fourth-order valence-electron chi connectivity index (χ4n) is 3.68. The van der Waals surface area contributed by atoms with Gasteiger partial charge in [-0.1, -0.05) is 41.0 Å². The number of halogens is 2. The molecule has 33 heavy (non-hydrogen) atoms. The average molecular weight is 527 g/mol. The number of furan rings is 1. The second kappa shape index (κ2) is 9.15. The van der Waals surface area contributed by atoms with Crippen LogP contribution in [0.3, 0.4) is 0 Å². The molecule has 0 spiro atoms. The minimum absolute atomic E-state index is 0.228. The Morgan fingerprint density at radius 3 is 2.79 bits per heavy atom. The molecule has 168 valence electrons. The number of carbonyl (C=O) groups excluding carboxylic acids is 1. The third-order valence-corrected chi connectivity index (χ3v) is 6.76. The zero-order valence-corrected chi connectivity index (χ0v) is 20.1. The van der Waals surface area contributed by atoms with Gasteiger partial charge in [-0.05, 0) is 61.0 Å².